The van der Waals surface area contributed by atoms with Crippen molar-refractivity contribution < 1.29 is 0 Å². The first-order valence-corrected chi connectivity index (χ1v) is 6.72. The number of thioether (sulfide) groups is 2. The summed E-state index contributed by atoms with van der Waals surface area (Å²) in [7, 11) is 0. The molecule has 1 aromatic rings. The largest absolute Gasteiger partial charge is 0.334 e. The highest BCUT2D eigenvalue weighted by Gasteiger charge is 2.17. The monoisotopic (exact) mass is 230 g/mol. The molecule has 70 valence electrons. The molecular weight excluding hydrogens is 220 g/mol. The summed E-state index contributed by atoms with van der Waals surface area (Å²) in [5, 5.41) is 0.502. The Labute approximate surface area is 90.9 Å². The van der Waals surface area contributed by atoms with Crippen LogP contribution in [-0.2, 0) is 0 Å². The van der Waals surface area contributed by atoms with Crippen LogP contribution < -0.4 is 0 Å². The zero-order valence-electron chi connectivity index (χ0n) is 7.03. The van der Waals surface area contributed by atoms with E-state index in [-0.39, 0.29) is 0 Å². The van der Waals surface area contributed by atoms with Crippen molar-refractivity contribution in [1.29, 1.82) is 0 Å². The van der Waals surface area contributed by atoms with E-state index >= 15 is 0 Å². The Morgan fingerprint density at radius 1 is 1.54 bits per heavy atom. The SMILES string of the molecule is S=c1ccnc(C2CSCCS2)[nH]1. The zero-order valence-corrected chi connectivity index (χ0v) is 9.47. The zero-order chi connectivity index (χ0) is 9.10. The van der Waals surface area contributed by atoms with Crippen LogP contribution in [0.1, 0.15) is 11.1 Å². The molecule has 1 atom stereocenters. The second-order valence-electron chi connectivity index (χ2n) is 2.75. The third-order valence-corrected chi connectivity index (χ3v) is 4.81. The van der Waals surface area contributed by atoms with E-state index in [1.54, 1.807) is 6.20 Å². The molecule has 0 spiro atoms. The molecule has 1 N–H and O–H groups in total. The van der Waals surface area contributed by atoms with Gasteiger partial charge in [-0.1, -0.05) is 12.2 Å². The predicted octanol–water partition coefficient (Wildman–Crippen LogP) is 2.66. The van der Waals surface area contributed by atoms with Crippen LogP contribution in [0.3, 0.4) is 0 Å². The lowest BCUT2D eigenvalue weighted by Gasteiger charge is -2.19. The molecule has 1 fully saturated rings. The topological polar surface area (TPSA) is 28.7 Å². The van der Waals surface area contributed by atoms with Crippen molar-refractivity contribution in [3.05, 3.63) is 22.7 Å². The van der Waals surface area contributed by atoms with Gasteiger partial charge >= 0.3 is 0 Å². The lowest BCUT2D eigenvalue weighted by atomic mass is 10.4. The third-order valence-electron chi connectivity index (χ3n) is 1.81. The van der Waals surface area contributed by atoms with Gasteiger partial charge in [0.15, 0.2) is 0 Å². The summed E-state index contributed by atoms with van der Waals surface area (Å²) < 4.78 is 0.779. The third kappa shape index (κ3) is 2.48. The molecule has 0 radical (unpaired) electrons. The summed E-state index contributed by atoms with van der Waals surface area (Å²) in [4.78, 5) is 7.45. The molecule has 0 bridgehead atoms. The van der Waals surface area contributed by atoms with Crippen molar-refractivity contribution in [1.82, 2.24) is 9.97 Å². The van der Waals surface area contributed by atoms with Crippen molar-refractivity contribution in [2.75, 3.05) is 17.3 Å². The maximum absolute atomic E-state index is 5.06. The van der Waals surface area contributed by atoms with Gasteiger partial charge in [0, 0.05) is 23.5 Å². The average molecular weight is 230 g/mol. The highest BCUT2D eigenvalue weighted by molar-refractivity contribution is 8.06. The van der Waals surface area contributed by atoms with Crippen LogP contribution in [-0.4, -0.2) is 27.2 Å². The van der Waals surface area contributed by atoms with Crippen molar-refractivity contribution in [3.63, 3.8) is 0 Å². The Morgan fingerprint density at radius 2 is 2.46 bits per heavy atom. The summed E-state index contributed by atoms with van der Waals surface area (Å²) in [5.74, 6) is 4.65. The Kier molecular flexibility index (Phi) is 3.29. The van der Waals surface area contributed by atoms with E-state index in [0.717, 1.165) is 16.2 Å². The standard InChI is InChI=1S/C8H10N2S3/c11-7-1-2-9-8(10-7)6-5-12-3-4-13-6/h1-2,6H,3-5H2,(H,9,10,11). The van der Waals surface area contributed by atoms with Crippen LogP contribution in [0.4, 0.5) is 0 Å². The van der Waals surface area contributed by atoms with Crippen LogP contribution in [0.5, 0.6) is 0 Å². The fourth-order valence-electron chi connectivity index (χ4n) is 1.19. The Hall–Kier alpha value is -0.0000000000000000555. The number of aromatic amines is 1. The second kappa shape index (κ2) is 4.48. The van der Waals surface area contributed by atoms with Crippen LogP contribution in [0.25, 0.3) is 0 Å². The van der Waals surface area contributed by atoms with Gasteiger partial charge in [0.2, 0.25) is 0 Å². The first kappa shape index (κ1) is 9.55. The van der Waals surface area contributed by atoms with E-state index in [2.05, 4.69) is 9.97 Å². The van der Waals surface area contributed by atoms with E-state index in [4.69, 9.17) is 12.2 Å². The molecule has 2 rings (SSSR count). The van der Waals surface area contributed by atoms with Crippen LogP contribution in [0.2, 0.25) is 0 Å². The summed E-state index contributed by atoms with van der Waals surface area (Å²) in [6.45, 7) is 0. The molecule has 13 heavy (non-hydrogen) atoms. The summed E-state index contributed by atoms with van der Waals surface area (Å²) in [6.07, 6.45) is 1.79. The van der Waals surface area contributed by atoms with Crippen molar-refractivity contribution in [2.24, 2.45) is 0 Å². The Balaban J connectivity index is 2.19. The van der Waals surface area contributed by atoms with Gasteiger partial charge in [-0.15, -0.1) is 11.8 Å². The van der Waals surface area contributed by atoms with Crippen molar-refractivity contribution >= 4 is 35.7 Å². The summed E-state index contributed by atoms with van der Waals surface area (Å²) in [5.41, 5.74) is 0. The highest BCUT2D eigenvalue weighted by Crippen LogP contribution is 2.34. The van der Waals surface area contributed by atoms with Gasteiger partial charge in [-0.3, -0.25) is 0 Å². The van der Waals surface area contributed by atoms with E-state index in [0.29, 0.717) is 5.25 Å². The smallest absolute Gasteiger partial charge is 0.120 e. The van der Waals surface area contributed by atoms with Crippen LogP contribution in [0.15, 0.2) is 12.3 Å². The van der Waals surface area contributed by atoms with Gasteiger partial charge in [0.25, 0.3) is 0 Å². The maximum atomic E-state index is 5.06. The molecule has 2 heterocycles. The van der Waals surface area contributed by atoms with Gasteiger partial charge < -0.3 is 4.98 Å². The molecule has 1 saturated heterocycles. The maximum Gasteiger partial charge on any atom is 0.120 e. The normalized spacial score (nSPS) is 22.9. The number of aromatic nitrogens is 2. The second-order valence-corrected chi connectivity index (χ2v) is 5.65. The molecule has 5 heteroatoms. The number of hydrogen-bond donors (Lipinski definition) is 1. The number of hydrogen-bond acceptors (Lipinski definition) is 4. The molecule has 1 unspecified atom stereocenters. The first-order chi connectivity index (χ1) is 6.36. The fraction of sp³-hybridized carbons (Fsp3) is 0.500. The lowest BCUT2D eigenvalue weighted by molar-refractivity contribution is 0.917. The van der Waals surface area contributed by atoms with E-state index in [9.17, 15) is 0 Å². The molecule has 0 saturated carbocycles. The number of H-pyrrole nitrogens is 1. The first-order valence-electron chi connectivity index (χ1n) is 4.11. The quantitative estimate of drug-likeness (QED) is 0.751. The van der Waals surface area contributed by atoms with Crippen molar-refractivity contribution in [2.45, 2.75) is 5.25 Å². The minimum absolute atomic E-state index is 0.502. The van der Waals surface area contributed by atoms with Crippen LogP contribution >= 0.6 is 35.7 Å². The molecule has 1 aliphatic heterocycles. The molecule has 0 aromatic carbocycles. The lowest BCUT2D eigenvalue weighted by Crippen LogP contribution is -2.09. The molecular formula is C8H10N2S3. The molecule has 2 nitrogen and oxygen atoms in total. The van der Waals surface area contributed by atoms with E-state index < -0.39 is 0 Å². The number of nitrogens with one attached hydrogen (secondary N) is 1. The fourth-order valence-corrected chi connectivity index (χ4v) is 3.99. The number of nitrogens with zero attached hydrogens (tertiary/aromatic N) is 1. The average Bonchev–Trinajstić information content (AvgIpc) is 2.19. The van der Waals surface area contributed by atoms with Crippen LogP contribution in [0, 0.1) is 4.64 Å². The Bertz CT molecular complexity index is 330. The molecule has 0 aliphatic carbocycles. The van der Waals surface area contributed by atoms with Gasteiger partial charge in [0.05, 0.1) is 5.25 Å². The minimum Gasteiger partial charge on any atom is -0.334 e. The molecule has 0 amide bonds. The molecule has 1 aromatic heterocycles. The van der Waals surface area contributed by atoms with Gasteiger partial charge in [-0.25, -0.2) is 4.98 Å². The molecule has 1 aliphatic rings. The Morgan fingerprint density at radius 3 is 3.15 bits per heavy atom. The van der Waals surface area contributed by atoms with Gasteiger partial charge in [-0.2, -0.15) is 11.8 Å². The number of rotatable bonds is 1. The van der Waals surface area contributed by atoms with Gasteiger partial charge in [-0.05, 0) is 6.07 Å². The van der Waals surface area contributed by atoms with E-state index in [1.165, 1.54) is 11.5 Å². The predicted molar refractivity (Wildman–Crippen MR) is 61.9 cm³/mol. The summed E-state index contributed by atoms with van der Waals surface area (Å²) in [6, 6.07) is 1.82. The summed E-state index contributed by atoms with van der Waals surface area (Å²) >= 11 is 9.01. The highest BCUT2D eigenvalue weighted by atomic mass is 32.2. The van der Waals surface area contributed by atoms with Gasteiger partial charge in [0.1, 0.15) is 10.5 Å². The van der Waals surface area contributed by atoms with Crippen molar-refractivity contribution in [3.8, 4) is 0 Å². The minimum atomic E-state index is 0.502. The van der Waals surface area contributed by atoms with E-state index in [1.807, 2.05) is 29.6 Å².